The Kier molecular flexibility index (Phi) is 9.62. The number of nitrogens with zero attached hydrogens (tertiary/aromatic N) is 3. The first-order chi connectivity index (χ1) is 17.7. The minimum absolute atomic E-state index is 0.0695. The van der Waals surface area contributed by atoms with Gasteiger partial charge in [-0.1, -0.05) is 41.6 Å². The lowest BCUT2D eigenvalue weighted by Gasteiger charge is -2.15. The second kappa shape index (κ2) is 12.9. The zero-order chi connectivity index (χ0) is 26.9. The summed E-state index contributed by atoms with van der Waals surface area (Å²) in [6.07, 6.45) is 1.46. The van der Waals surface area contributed by atoms with Gasteiger partial charge in [0.1, 0.15) is 0 Å². The van der Waals surface area contributed by atoms with Gasteiger partial charge in [0.05, 0.1) is 23.5 Å². The Balaban J connectivity index is 1.63. The molecule has 0 bridgehead atoms. The lowest BCUT2D eigenvalue weighted by atomic mass is 10.1. The van der Waals surface area contributed by atoms with Crippen molar-refractivity contribution in [3.05, 3.63) is 83.7 Å². The summed E-state index contributed by atoms with van der Waals surface area (Å²) in [7, 11) is 0. The summed E-state index contributed by atoms with van der Waals surface area (Å²) in [5, 5.41) is 14.7. The summed E-state index contributed by atoms with van der Waals surface area (Å²) in [4.78, 5) is 37.4. The average molecular weight is 522 g/mol. The number of thioether (sulfide) groups is 1. The molecule has 3 rings (SSSR count). The number of amides is 2. The molecule has 0 unspecified atom stereocenters. The number of aryl methyl sites for hydroxylation is 1. The highest BCUT2D eigenvalue weighted by Crippen LogP contribution is 2.22. The summed E-state index contributed by atoms with van der Waals surface area (Å²) < 4.78 is 7.02. The first kappa shape index (κ1) is 27.7. The topological polar surface area (TPSA) is 115 Å². The number of hydrogen-bond acceptors (Lipinski definition) is 7. The van der Waals surface area contributed by atoms with E-state index >= 15 is 0 Å². The minimum Gasteiger partial charge on any atom is -0.459 e. The van der Waals surface area contributed by atoms with Gasteiger partial charge in [0.15, 0.2) is 11.0 Å². The summed E-state index contributed by atoms with van der Waals surface area (Å²) in [5.41, 5.74) is 2.48. The Hall–Kier alpha value is -3.92. The maximum Gasteiger partial charge on any atom is 0.338 e. The quantitative estimate of drug-likeness (QED) is 0.216. The van der Waals surface area contributed by atoms with Gasteiger partial charge in [0.2, 0.25) is 5.91 Å². The molecule has 2 amide bonds. The lowest BCUT2D eigenvalue weighted by molar-refractivity contribution is -0.113. The van der Waals surface area contributed by atoms with Crippen molar-refractivity contribution in [2.24, 2.45) is 0 Å². The van der Waals surface area contributed by atoms with Crippen LogP contribution in [0, 0.1) is 6.92 Å². The Bertz CT molecular complexity index is 1270. The standard InChI is InChI=1S/C27H31N5O4S/c1-6-14-32-24(19(5)28-25(34)20-12-10-18(4)11-13-20)30-31-27(32)37-16-23(33)29-22-9-7-8-21(15-22)26(35)36-17(2)3/h6-13,15,17,19H,1,14,16H2,2-5H3,(H,28,34)(H,29,33)/t19-/m1/s1. The van der Waals surface area contributed by atoms with Crippen molar-refractivity contribution >= 4 is 35.2 Å². The van der Waals surface area contributed by atoms with Crippen LogP contribution in [0.4, 0.5) is 5.69 Å². The number of allylic oxidation sites excluding steroid dienone is 1. The van der Waals surface area contributed by atoms with E-state index in [-0.39, 0.29) is 23.7 Å². The van der Waals surface area contributed by atoms with Crippen molar-refractivity contribution in [2.45, 2.75) is 51.5 Å². The van der Waals surface area contributed by atoms with E-state index in [1.807, 2.05) is 30.5 Å². The van der Waals surface area contributed by atoms with Gasteiger partial charge >= 0.3 is 5.97 Å². The number of carbonyl (C=O) groups excluding carboxylic acids is 3. The molecule has 194 valence electrons. The van der Waals surface area contributed by atoms with Crippen LogP contribution in [0.1, 0.15) is 58.9 Å². The zero-order valence-corrected chi connectivity index (χ0v) is 22.2. The summed E-state index contributed by atoms with van der Waals surface area (Å²) in [5.74, 6) is -0.308. The Labute approximate surface area is 220 Å². The maximum absolute atomic E-state index is 12.6. The van der Waals surface area contributed by atoms with Gasteiger partial charge in [-0.25, -0.2) is 4.79 Å². The first-order valence-electron chi connectivity index (χ1n) is 11.8. The second-order valence-corrected chi connectivity index (χ2v) is 9.62. The highest BCUT2D eigenvalue weighted by atomic mass is 32.2. The molecule has 0 saturated carbocycles. The fourth-order valence-electron chi connectivity index (χ4n) is 3.41. The molecule has 0 saturated heterocycles. The molecule has 2 N–H and O–H groups in total. The third kappa shape index (κ3) is 7.78. The zero-order valence-electron chi connectivity index (χ0n) is 21.4. The van der Waals surface area contributed by atoms with Gasteiger partial charge in [-0.05, 0) is 58.0 Å². The molecule has 1 heterocycles. The number of esters is 1. The first-order valence-corrected chi connectivity index (χ1v) is 12.8. The van der Waals surface area contributed by atoms with Crippen LogP contribution in [0.25, 0.3) is 0 Å². The van der Waals surface area contributed by atoms with E-state index in [9.17, 15) is 14.4 Å². The van der Waals surface area contributed by atoms with Crippen LogP contribution in [0.5, 0.6) is 0 Å². The van der Waals surface area contributed by atoms with Gasteiger partial charge in [-0.15, -0.1) is 16.8 Å². The lowest BCUT2D eigenvalue weighted by Crippen LogP contribution is -2.28. The number of ether oxygens (including phenoxy) is 1. The van der Waals surface area contributed by atoms with Crippen LogP contribution < -0.4 is 10.6 Å². The molecule has 0 aliphatic heterocycles. The second-order valence-electron chi connectivity index (χ2n) is 8.67. The highest BCUT2D eigenvalue weighted by Gasteiger charge is 2.20. The molecule has 3 aromatic rings. The molecule has 0 spiro atoms. The van der Waals surface area contributed by atoms with E-state index in [2.05, 4.69) is 27.4 Å². The molecule has 0 radical (unpaired) electrons. The van der Waals surface area contributed by atoms with Crippen molar-refractivity contribution < 1.29 is 19.1 Å². The van der Waals surface area contributed by atoms with Gasteiger partial charge in [-0.2, -0.15) is 0 Å². The Morgan fingerprint density at radius 1 is 1.08 bits per heavy atom. The van der Waals surface area contributed by atoms with Gasteiger partial charge in [-0.3, -0.25) is 9.59 Å². The third-order valence-electron chi connectivity index (χ3n) is 5.16. The number of anilines is 1. The molecule has 0 fully saturated rings. The van der Waals surface area contributed by atoms with Crippen molar-refractivity contribution in [1.82, 2.24) is 20.1 Å². The summed E-state index contributed by atoms with van der Waals surface area (Å²) in [6.45, 7) is 11.5. The average Bonchev–Trinajstić information content (AvgIpc) is 3.25. The smallest absolute Gasteiger partial charge is 0.338 e. The van der Waals surface area contributed by atoms with Crippen molar-refractivity contribution in [3.63, 3.8) is 0 Å². The molecule has 37 heavy (non-hydrogen) atoms. The van der Waals surface area contributed by atoms with E-state index in [0.717, 1.165) is 5.56 Å². The van der Waals surface area contributed by atoms with Crippen LogP contribution in [-0.2, 0) is 16.1 Å². The molecular formula is C27H31N5O4S. The van der Waals surface area contributed by atoms with E-state index < -0.39 is 12.0 Å². The number of hydrogen-bond donors (Lipinski definition) is 2. The molecule has 9 nitrogen and oxygen atoms in total. The molecule has 10 heteroatoms. The molecule has 0 aliphatic carbocycles. The fraction of sp³-hybridized carbons (Fsp3) is 0.296. The normalized spacial score (nSPS) is 11.6. The SMILES string of the molecule is C=CCn1c(SCC(=O)Nc2cccc(C(=O)OC(C)C)c2)nnc1[C@@H](C)NC(=O)c1ccc(C)cc1. The molecular weight excluding hydrogens is 490 g/mol. The number of rotatable bonds is 11. The van der Waals surface area contributed by atoms with Crippen LogP contribution in [0.15, 0.2) is 66.3 Å². The summed E-state index contributed by atoms with van der Waals surface area (Å²) >= 11 is 1.21. The minimum atomic E-state index is -0.450. The van der Waals surface area contributed by atoms with Crippen molar-refractivity contribution in [3.8, 4) is 0 Å². The van der Waals surface area contributed by atoms with Gasteiger partial charge in [0.25, 0.3) is 5.91 Å². The predicted molar refractivity (Wildman–Crippen MR) is 144 cm³/mol. The Morgan fingerprint density at radius 2 is 1.81 bits per heavy atom. The third-order valence-corrected chi connectivity index (χ3v) is 6.13. The van der Waals surface area contributed by atoms with E-state index in [4.69, 9.17) is 4.74 Å². The molecule has 1 atom stereocenters. The molecule has 1 aromatic heterocycles. The van der Waals surface area contributed by atoms with Crippen LogP contribution in [0.2, 0.25) is 0 Å². The Morgan fingerprint density at radius 3 is 2.49 bits per heavy atom. The van der Waals surface area contributed by atoms with E-state index in [0.29, 0.717) is 34.3 Å². The molecule has 2 aromatic carbocycles. The number of benzene rings is 2. The number of aromatic nitrogens is 3. The number of nitrogens with one attached hydrogen (secondary N) is 2. The molecule has 0 aliphatic rings. The number of carbonyl (C=O) groups is 3. The summed E-state index contributed by atoms with van der Waals surface area (Å²) in [6, 6.07) is 13.5. The van der Waals surface area contributed by atoms with Gasteiger partial charge in [0, 0.05) is 17.8 Å². The predicted octanol–water partition coefficient (Wildman–Crippen LogP) is 4.56. The van der Waals surface area contributed by atoms with Crippen LogP contribution >= 0.6 is 11.8 Å². The highest BCUT2D eigenvalue weighted by molar-refractivity contribution is 7.99. The van der Waals surface area contributed by atoms with Crippen molar-refractivity contribution in [2.75, 3.05) is 11.1 Å². The van der Waals surface area contributed by atoms with Gasteiger partial charge < -0.3 is 19.9 Å². The maximum atomic E-state index is 12.6. The van der Waals surface area contributed by atoms with Crippen LogP contribution in [-0.4, -0.2) is 44.4 Å². The monoisotopic (exact) mass is 521 g/mol. The van der Waals surface area contributed by atoms with E-state index in [1.165, 1.54) is 11.8 Å². The van der Waals surface area contributed by atoms with E-state index in [1.54, 1.807) is 56.3 Å². The fourth-order valence-corrected chi connectivity index (χ4v) is 4.17. The largest absolute Gasteiger partial charge is 0.459 e. The van der Waals surface area contributed by atoms with Crippen molar-refractivity contribution in [1.29, 1.82) is 0 Å². The van der Waals surface area contributed by atoms with Crippen LogP contribution in [0.3, 0.4) is 0 Å².